The zero-order chi connectivity index (χ0) is 13.3. The topological polar surface area (TPSA) is 46.0 Å². The summed E-state index contributed by atoms with van der Waals surface area (Å²) in [5.41, 5.74) is 2.86. The number of benzene rings is 1. The molecule has 0 radical (unpaired) electrons. The maximum Gasteiger partial charge on any atom is 0.159 e. The Balaban J connectivity index is 2.48. The highest BCUT2D eigenvalue weighted by Crippen LogP contribution is 2.21. The van der Waals surface area contributed by atoms with Crippen molar-refractivity contribution in [3.63, 3.8) is 0 Å². The van der Waals surface area contributed by atoms with Gasteiger partial charge in [-0.15, -0.1) is 0 Å². The van der Waals surface area contributed by atoms with E-state index >= 15 is 0 Å². The third-order valence-electron chi connectivity index (χ3n) is 2.77. The Kier molecular flexibility index (Phi) is 3.39. The molecule has 94 valence electrons. The molecule has 0 amide bonds. The predicted molar refractivity (Wildman–Crippen MR) is 67.5 cm³/mol. The van der Waals surface area contributed by atoms with Crippen molar-refractivity contribution in [1.29, 1.82) is 0 Å². The van der Waals surface area contributed by atoms with Gasteiger partial charge in [-0.05, 0) is 44.5 Å². The van der Waals surface area contributed by atoms with Crippen LogP contribution in [0.2, 0.25) is 0 Å². The average molecular weight is 246 g/mol. The molecule has 2 rings (SSSR count). The average Bonchev–Trinajstić information content (AvgIpc) is 2.26. The van der Waals surface area contributed by atoms with Crippen molar-refractivity contribution in [1.82, 2.24) is 9.97 Å². The zero-order valence-corrected chi connectivity index (χ0v) is 10.6. The molecule has 1 atom stereocenters. The second-order valence-corrected chi connectivity index (χ2v) is 4.43. The Morgan fingerprint density at radius 1 is 1.22 bits per heavy atom. The van der Waals surface area contributed by atoms with Crippen LogP contribution in [0.15, 0.2) is 24.4 Å². The molecule has 0 bridgehead atoms. The Hall–Kier alpha value is -1.81. The molecule has 0 aliphatic rings. The van der Waals surface area contributed by atoms with Crippen molar-refractivity contribution < 1.29 is 9.50 Å². The first kappa shape index (κ1) is 12.6. The Labute approximate surface area is 105 Å². The van der Waals surface area contributed by atoms with E-state index < -0.39 is 6.10 Å². The van der Waals surface area contributed by atoms with Crippen molar-refractivity contribution in [3.8, 4) is 11.4 Å². The molecule has 2 aromatic rings. The van der Waals surface area contributed by atoms with Crippen LogP contribution < -0.4 is 0 Å². The van der Waals surface area contributed by atoms with Gasteiger partial charge in [0, 0.05) is 23.0 Å². The molecule has 0 unspecified atom stereocenters. The molecule has 0 saturated heterocycles. The number of halogens is 1. The second kappa shape index (κ2) is 4.82. The fourth-order valence-corrected chi connectivity index (χ4v) is 1.89. The zero-order valence-electron chi connectivity index (χ0n) is 10.6. The lowest BCUT2D eigenvalue weighted by Crippen LogP contribution is -2.01. The third kappa shape index (κ3) is 2.54. The van der Waals surface area contributed by atoms with Crippen LogP contribution in [-0.4, -0.2) is 15.1 Å². The molecule has 3 nitrogen and oxygen atoms in total. The number of aliphatic hydroxyl groups excluding tert-OH is 1. The smallest absolute Gasteiger partial charge is 0.159 e. The van der Waals surface area contributed by atoms with Crippen LogP contribution in [0.1, 0.15) is 29.8 Å². The van der Waals surface area contributed by atoms with Crippen LogP contribution in [0.3, 0.4) is 0 Å². The summed E-state index contributed by atoms with van der Waals surface area (Å²) in [5, 5.41) is 9.51. The van der Waals surface area contributed by atoms with E-state index in [0.717, 1.165) is 5.56 Å². The van der Waals surface area contributed by atoms with E-state index in [-0.39, 0.29) is 5.82 Å². The highest BCUT2D eigenvalue weighted by atomic mass is 19.1. The van der Waals surface area contributed by atoms with Crippen molar-refractivity contribution >= 4 is 0 Å². The first-order chi connectivity index (χ1) is 8.47. The van der Waals surface area contributed by atoms with Crippen LogP contribution in [0.25, 0.3) is 11.4 Å². The van der Waals surface area contributed by atoms with Crippen molar-refractivity contribution in [2.45, 2.75) is 26.9 Å². The molecule has 0 fully saturated rings. The summed E-state index contributed by atoms with van der Waals surface area (Å²) in [6, 6.07) is 4.70. The highest BCUT2D eigenvalue weighted by molar-refractivity contribution is 5.56. The lowest BCUT2D eigenvalue weighted by Gasteiger charge is -2.09. The van der Waals surface area contributed by atoms with Crippen molar-refractivity contribution in [2.75, 3.05) is 0 Å². The van der Waals surface area contributed by atoms with E-state index in [9.17, 15) is 9.50 Å². The molecule has 4 heteroatoms. The first-order valence-electron chi connectivity index (χ1n) is 5.76. The Morgan fingerprint density at radius 2 is 1.94 bits per heavy atom. The molecule has 1 aromatic carbocycles. The largest absolute Gasteiger partial charge is 0.389 e. The number of aromatic nitrogens is 2. The first-order valence-corrected chi connectivity index (χ1v) is 5.76. The minimum Gasteiger partial charge on any atom is -0.389 e. The van der Waals surface area contributed by atoms with E-state index in [1.165, 1.54) is 12.1 Å². The quantitative estimate of drug-likeness (QED) is 0.886. The fourth-order valence-electron chi connectivity index (χ4n) is 1.89. The fraction of sp³-hybridized carbons (Fsp3) is 0.286. The van der Waals surface area contributed by atoms with Gasteiger partial charge in [0.2, 0.25) is 0 Å². The molecule has 18 heavy (non-hydrogen) atoms. The van der Waals surface area contributed by atoms with Crippen LogP contribution in [0.4, 0.5) is 4.39 Å². The lowest BCUT2D eigenvalue weighted by atomic mass is 10.1. The van der Waals surface area contributed by atoms with Gasteiger partial charge in [-0.3, -0.25) is 0 Å². The van der Waals surface area contributed by atoms with Crippen LogP contribution >= 0.6 is 0 Å². The van der Waals surface area contributed by atoms with Crippen molar-refractivity contribution in [2.24, 2.45) is 0 Å². The number of hydrogen-bond donors (Lipinski definition) is 1. The maximum atomic E-state index is 13.3. The summed E-state index contributed by atoms with van der Waals surface area (Å²) in [5.74, 6) is 0.172. The SMILES string of the molecule is Cc1cc(F)cc(-c2ncc([C@H](C)O)c(C)n2)c1. The minimum absolute atomic E-state index is 0.300. The Morgan fingerprint density at radius 3 is 2.50 bits per heavy atom. The van der Waals surface area contributed by atoms with E-state index in [1.807, 2.05) is 13.0 Å². The highest BCUT2D eigenvalue weighted by Gasteiger charge is 2.10. The molecule has 0 saturated carbocycles. The maximum absolute atomic E-state index is 13.3. The van der Waals surface area contributed by atoms with Gasteiger partial charge in [-0.25, -0.2) is 14.4 Å². The van der Waals surface area contributed by atoms with E-state index in [2.05, 4.69) is 9.97 Å². The van der Waals surface area contributed by atoms with Crippen LogP contribution in [-0.2, 0) is 0 Å². The third-order valence-corrected chi connectivity index (χ3v) is 2.77. The molecule has 1 heterocycles. The van der Waals surface area contributed by atoms with Gasteiger partial charge in [0.05, 0.1) is 6.10 Å². The molecule has 1 N–H and O–H groups in total. The van der Waals surface area contributed by atoms with E-state index in [4.69, 9.17) is 0 Å². The molecule has 0 aliphatic carbocycles. The molecule has 0 aliphatic heterocycles. The monoisotopic (exact) mass is 246 g/mol. The van der Waals surface area contributed by atoms with Gasteiger partial charge in [-0.2, -0.15) is 0 Å². The lowest BCUT2D eigenvalue weighted by molar-refractivity contribution is 0.197. The van der Waals surface area contributed by atoms with Gasteiger partial charge in [-0.1, -0.05) is 0 Å². The standard InChI is InChI=1S/C14H15FN2O/c1-8-4-11(6-12(15)5-8)14-16-7-13(10(3)18)9(2)17-14/h4-7,10,18H,1-3H3/t10-/m0/s1. The summed E-state index contributed by atoms with van der Waals surface area (Å²) in [4.78, 5) is 8.48. The van der Waals surface area contributed by atoms with Gasteiger partial charge in [0.1, 0.15) is 5.82 Å². The Bertz CT molecular complexity index is 562. The molecule has 1 aromatic heterocycles. The number of aliphatic hydroxyl groups is 1. The van der Waals surface area contributed by atoms with Crippen molar-refractivity contribution in [3.05, 3.63) is 47.0 Å². The number of aryl methyl sites for hydroxylation is 2. The number of hydrogen-bond acceptors (Lipinski definition) is 3. The summed E-state index contributed by atoms with van der Waals surface area (Å²) in [6.45, 7) is 5.29. The minimum atomic E-state index is -0.603. The molecule has 0 spiro atoms. The van der Waals surface area contributed by atoms with Gasteiger partial charge in [0.25, 0.3) is 0 Å². The van der Waals surface area contributed by atoms with Gasteiger partial charge < -0.3 is 5.11 Å². The normalized spacial score (nSPS) is 12.5. The predicted octanol–water partition coefficient (Wildman–Crippen LogP) is 2.95. The number of rotatable bonds is 2. The molecular weight excluding hydrogens is 231 g/mol. The summed E-state index contributed by atoms with van der Waals surface area (Å²) in [6.07, 6.45) is 0.982. The molecular formula is C14H15FN2O. The second-order valence-electron chi connectivity index (χ2n) is 4.43. The summed E-state index contributed by atoms with van der Waals surface area (Å²) in [7, 11) is 0. The van der Waals surface area contributed by atoms with Gasteiger partial charge >= 0.3 is 0 Å². The number of nitrogens with zero attached hydrogens (tertiary/aromatic N) is 2. The van der Waals surface area contributed by atoms with Gasteiger partial charge in [0.15, 0.2) is 5.82 Å². The van der Waals surface area contributed by atoms with Crippen LogP contribution in [0, 0.1) is 19.7 Å². The summed E-state index contributed by atoms with van der Waals surface area (Å²) < 4.78 is 13.3. The van der Waals surface area contributed by atoms with E-state index in [0.29, 0.717) is 22.6 Å². The summed E-state index contributed by atoms with van der Waals surface area (Å²) >= 11 is 0. The van der Waals surface area contributed by atoms with E-state index in [1.54, 1.807) is 20.0 Å². The van der Waals surface area contributed by atoms with Crippen LogP contribution in [0.5, 0.6) is 0 Å².